The number of hydrogen-bond donors (Lipinski definition) is 0. The number of esters is 1. The third kappa shape index (κ3) is 4.55. The van der Waals surface area contributed by atoms with Crippen LogP contribution < -0.4 is 0 Å². The standard InChI is InChI=1S/C17H28N2O6/c1-16(2,3)24-14(21)18-9-10-8-11(10)12(13(20)23-7)19(18)15(22)25-17(4,5)6/h10-12H,8-9H2,1-7H3/t10-,11-,12-/m0/s1. The first kappa shape index (κ1) is 19.3. The van der Waals surface area contributed by atoms with Crippen LogP contribution in [0.4, 0.5) is 9.59 Å². The summed E-state index contributed by atoms with van der Waals surface area (Å²) in [6.45, 7) is 10.7. The van der Waals surface area contributed by atoms with E-state index < -0.39 is 35.4 Å². The fourth-order valence-electron chi connectivity index (χ4n) is 2.90. The normalized spacial score (nSPS) is 25.8. The molecule has 2 fully saturated rings. The summed E-state index contributed by atoms with van der Waals surface area (Å²) in [5, 5.41) is 2.24. The molecule has 8 nitrogen and oxygen atoms in total. The highest BCUT2D eigenvalue weighted by Crippen LogP contribution is 2.48. The van der Waals surface area contributed by atoms with E-state index in [2.05, 4.69) is 0 Å². The van der Waals surface area contributed by atoms with Crippen molar-refractivity contribution in [3.05, 3.63) is 0 Å². The molecule has 1 aliphatic carbocycles. The first-order valence-electron chi connectivity index (χ1n) is 8.44. The highest BCUT2D eigenvalue weighted by Gasteiger charge is 2.59. The Morgan fingerprint density at radius 1 is 0.920 bits per heavy atom. The number of ether oxygens (including phenoxy) is 3. The summed E-state index contributed by atoms with van der Waals surface area (Å²) in [5.41, 5.74) is -1.49. The monoisotopic (exact) mass is 356 g/mol. The lowest BCUT2D eigenvalue weighted by Crippen LogP contribution is -2.62. The molecule has 0 unspecified atom stereocenters. The highest BCUT2D eigenvalue weighted by molar-refractivity contribution is 5.84. The number of hydrazine groups is 1. The Hall–Kier alpha value is -1.99. The van der Waals surface area contributed by atoms with Gasteiger partial charge in [-0.1, -0.05) is 0 Å². The van der Waals surface area contributed by atoms with Crippen molar-refractivity contribution in [3.8, 4) is 0 Å². The fraction of sp³-hybridized carbons (Fsp3) is 0.824. The lowest BCUT2D eigenvalue weighted by Gasteiger charge is -2.42. The van der Waals surface area contributed by atoms with Crippen molar-refractivity contribution in [2.75, 3.05) is 13.7 Å². The molecule has 1 saturated carbocycles. The summed E-state index contributed by atoms with van der Waals surface area (Å²) >= 11 is 0. The van der Waals surface area contributed by atoms with Crippen LogP contribution in [0.1, 0.15) is 48.0 Å². The number of fused-ring (bicyclic) bond motifs is 1. The molecule has 1 aliphatic heterocycles. The maximum Gasteiger partial charge on any atom is 0.430 e. The SMILES string of the molecule is COC(=O)[C@@H]1[C@H]2C[C@H]2CN(C(=O)OC(C)(C)C)N1C(=O)OC(C)(C)C. The Labute approximate surface area is 148 Å². The van der Waals surface area contributed by atoms with Gasteiger partial charge >= 0.3 is 18.2 Å². The number of amides is 2. The first-order chi connectivity index (χ1) is 11.3. The predicted octanol–water partition coefficient (Wildman–Crippen LogP) is 2.57. The molecule has 1 saturated heterocycles. The molecule has 0 N–H and O–H groups in total. The van der Waals surface area contributed by atoms with Gasteiger partial charge in [0, 0.05) is 6.54 Å². The number of hydrogen-bond acceptors (Lipinski definition) is 6. The topological polar surface area (TPSA) is 85.4 Å². The van der Waals surface area contributed by atoms with Crippen LogP contribution in [0.2, 0.25) is 0 Å². The summed E-state index contributed by atoms with van der Waals surface area (Å²) < 4.78 is 15.7. The highest BCUT2D eigenvalue weighted by atomic mass is 16.6. The molecule has 8 heteroatoms. The van der Waals surface area contributed by atoms with E-state index in [1.807, 2.05) is 0 Å². The van der Waals surface area contributed by atoms with Crippen molar-refractivity contribution >= 4 is 18.2 Å². The average molecular weight is 356 g/mol. The summed E-state index contributed by atoms with van der Waals surface area (Å²) in [5.74, 6) is -0.444. The predicted molar refractivity (Wildman–Crippen MR) is 88.4 cm³/mol. The van der Waals surface area contributed by atoms with Crippen molar-refractivity contribution < 1.29 is 28.6 Å². The zero-order valence-corrected chi connectivity index (χ0v) is 16.0. The van der Waals surface area contributed by atoms with Crippen molar-refractivity contribution in [1.82, 2.24) is 10.0 Å². The van der Waals surface area contributed by atoms with Crippen LogP contribution in [0.15, 0.2) is 0 Å². The Morgan fingerprint density at radius 3 is 1.92 bits per heavy atom. The quantitative estimate of drug-likeness (QED) is 0.530. The number of carbonyl (C=O) groups excluding carboxylic acids is 3. The second-order valence-electron chi connectivity index (χ2n) is 8.51. The zero-order chi connectivity index (χ0) is 19.2. The minimum Gasteiger partial charge on any atom is -0.467 e. The third-order valence-electron chi connectivity index (χ3n) is 3.94. The van der Waals surface area contributed by atoms with Gasteiger partial charge in [0.15, 0.2) is 6.04 Å². The largest absolute Gasteiger partial charge is 0.467 e. The number of nitrogens with zero attached hydrogens (tertiary/aromatic N) is 2. The Kier molecular flexibility index (Phi) is 4.94. The van der Waals surface area contributed by atoms with E-state index in [0.29, 0.717) is 6.54 Å². The number of methoxy groups -OCH3 is 1. The number of rotatable bonds is 1. The van der Waals surface area contributed by atoms with Crippen LogP contribution in [0, 0.1) is 11.8 Å². The summed E-state index contributed by atoms with van der Waals surface area (Å²) in [7, 11) is 1.26. The van der Waals surface area contributed by atoms with Gasteiger partial charge in [-0.3, -0.25) is 0 Å². The van der Waals surface area contributed by atoms with Crippen LogP contribution in [-0.2, 0) is 19.0 Å². The molecule has 0 spiro atoms. The second kappa shape index (κ2) is 6.38. The third-order valence-corrected chi connectivity index (χ3v) is 3.94. The van der Waals surface area contributed by atoms with Crippen LogP contribution >= 0.6 is 0 Å². The fourth-order valence-corrected chi connectivity index (χ4v) is 2.90. The van der Waals surface area contributed by atoms with E-state index in [1.165, 1.54) is 12.1 Å². The molecular formula is C17H28N2O6. The van der Waals surface area contributed by atoms with Crippen LogP contribution in [0.5, 0.6) is 0 Å². The van der Waals surface area contributed by atoms with Gasteiger partial charge in [-0.2, -0.15) is 5.01 Å². The molecule has 3 atom stereocenters. The molecule has 142 valence electrons. The second-order valence-corrected chi connectivity index (χ2v) is 8.51. The minimum absolute atomic E-state index is 0.0290. The van der Waals surface area contributed by atoms with E-state index in [1.54, 1.807) is 41.5 Å². The van der Waals surface area contributed by atoms with Gasteiger partial charge in [-0.15, -0.1) is 0 Å². The zero-order valence-electron chi connectivity index (χ0n) is 16.0. The summed E-state index contributed by atoms with van der Waals surface area (Å²) in [6, 6.07) is -0.883. The van der Waals surface area contributed by atoms with Crippen molar-refractivity contribution in [1.29, 1.82) is 0 Å². The Balaban J connectivity index is 2.32. The lowest BCUT2D eigenvalue weighted by molar-refractivity contribution is -0.160. The first-order valence-corrected chi connectivity index (χ1v) is 8.44. The maximum absolute atomic E-state index is 12.7. The summed E-state index contributed by atoms with van der Waals surface area (Å²) in [6.07, 6.45) is -0.699. The molecule has 0 aromatic heterocycles. The van der Waals surface area contributed by atoms with Gasteiger partial charge in [0.2, 0.25) is 0 Å². The van der Waals surface area contributed by atoms with Gasteiger partial charge in [0.1, 0.15) is 11.2 Å². The molecule has 0 aromatic carbocycles. The molecule has 0 aromatic rings. The molecule has 2 rings (SSSR count). The smallest absolute Gasteiger partial charge is 0.430 e. The van der Waals surface area contributed by atoms with E-state index in [0.717, 1.165) is 11.4 Å². The molecule has 0 radical (unpaired) electrons. The van der Waals surface area contributed by atoms with E-state index in [9.17, 15) is 14.4 Å². The average Bonchev–Trinajstić information content (AvgIpc) is 3.19. The molecular weight excluding hydrogens is 328 g/mol. The van der Waals surface area contributed by atoms with E-state index >= 15 is 0 Å². The summed E-state index contributed by atoms with van der Waals surface area (Å²) in [4.78, 5) is 37.6. The van der Waals surface area contributed by atoms with Crippen LogP contribution in [0.3, 0.4) is 0 Å². The van der Waals surface area contributed by atoms with Crippen molar-refractivity contribution in [3.63, 3.8) is 0 Å². The van der Waals surface area contributed by atoms with Gasteiger partial charge in [0.05, 0.1) is 7.11 Å². The molecule has 2 amide bonds. The molecule has 0 bridgehead atoms. The van der Waals surface area contributed by atoms with Gasteiger partial charge in [0.25, 0.3) is 0 Å². The van der Waals surface area contributed by atoms with Crippen LogP contribution in [-0.4, -0.2) is 59.1 Å². The van der Waals surface area contributed by atoms with Gasteiger partial charge in [-0.25, -0.2) is 19.4 Å². The lowest BCUT2D eigenvalue weighted by atomic mass is 10.1. The molecule has 2 aliphatic rings. The Morgan fingerprint density at radius 2 is 1.44 bits per heavy atom. The molecule has 25 heavy (non-hydrogen) atoms. The number of carbonyl (C=O) groups is 3. The maximum atomic E-state index is 12.7. The van der Waals surface area contributed by atoms with E-state index in [-0.39, 0.29) is 11.8 Å². The minimum atomic E-state index is -0.883. The van der Waals surface area contributed by atoms with Gasteiger partial charge < -0.3 is 14.2 Å². The van der Waals surface area contributed by atoms with Gasteiger partial charge in [-0.05, 0) is 59.8 Å². The molecule has 1 heterocycles. The van der Waals surface area contributed by atoms with Crippen molar-refractivity contribution in [2.24, 2.45) is 11.8 Å². The van der Waals surface area contributed by atoms with Crippen molar-refractivity contribution in [2.45, 2.75) is 65.2 Å². The van der Waals surface area contributed by atoms with Crippen LogP contribution in [0.25, 0.3) is 0 Å². The van der Waals surface area contributed by atoms with E-state index in [4.69, 9.17) is 14.2 Å². The Bertz CT molecular complexity index is 562.